The molecule has 1 aromatic heterocycles. The topological polar surface area (TPSA) is 38.1 Å². The number of aromatic nitrogens is 2. The second kappa shape index (κ2) is 8.51. The molecule has 0 spiro atoms. The van der Waals surface area contributed by atoms with Crippen molar-refractivity contribution in [2.45, 2.75) is 26.3 Å². The zero-order valence-electron chi connectivity index (χ0n) is 15.2. The van der Waals surface area contributed by atoms with Crippen molar-refractivity contribution in [3.05, 3.63) is 62.9 Å². The van der Waals surface area contributed by atoms with Gasteiger partial charge in [0.25, 0.3) is 0 Å². The number of hydrogen-bond donors (Lipinski definition) is 0. The summed E-state index contributed by atoms with van der Waals surface area (Å²) in [7, 11) is 1.81. The predicted octanol–water partition coefficient (Wildman–Crippen LogP) is 5.46. The number of imidazole rings is 1. The van der Waals surface area contributed by atoms with E-state index in [2.05, 4.69) is 0 Å². The van der Waals surface area contributed by atoms with Gasteiger partial charge in [-0.1, -0.05) is 59.9 Å². The Bertz CT molecular complexity index is 984. The standard InChI is InChI=1S/C20H20Cl3N3O/c1-3-8-25(2)20(27)12-26-18-11-16(23)15(22)10-17(18)24-19(26)9-13-6-4-5-7-14(13)21/h4-7,10-11H,3,8-9,12H2,1-2H3. The lowest BCUT2D eigenvalue weighted by Gasteiger charge is -2.18. The van der Waals surface area contributed by atoms with Gasteiger partial charge >= 0.3 is 0 Å². The fourth-order valence-electron chi connectivity index (χ4n) is 3.01. The normalized spacial score (nSPS) is 11.1. The van der Waals surface area contributed by atoms with Gasteiger partial charge in [0, 0.05) is 25.0 Å². The van der Waals surface area contributed by atoms with E-state index in [9.17, 15) is 4.79 Å². The van der Waals surface area contributed by atoms with Crippen LogP contribution in [0.15, 0.2) is 36.4 Å². The van der Waals surface area contributed by atoms with Gasteiger partial charge in [0.2, 0.25) is 5.91 Å². The summed E-state index contributed by atoms with van der Waals surface area (Å²) in [5.74, 6) is 0.761. The Labute approximate surface area is 173 Å². The monoisotopic (exact) mass is 423 g/mol. The van der Waals surface area contributed by atoms with E-state index >= 15 is 0 Å². The fourth-order valence-corrected chi connectivity index (χ4v) is 3.53. The maximum atomic E-state index is 12.7. The molecule has 1 amide bonds. The maximum Gasteiger partial charge on any atom is 0.242 e. The van der Waals surface area contributed by atoms with Gasteiger partial charge in [-0.3, -0.25) is 4.79 Å². The molecular weight excluding hydrogens is 405 g/mol. The third-order valence-electron chi connectivity index (χ3n) is 4.45. The molecule has 142 valence electrons. The van der Waals surface area contributed by atoms with Crippen molar-refractivity contribution in [1.29, 1.82) is 0 Å². The number of fused-ring (bicyclic) bond motifs is 1. The molecule has 0 aliphatic heterocycles. The van der Waals surface area contributed by atoms with Crippen LogP contribution in [0.1, 0.15) is 24.7 Å². The van der Waals surface area contributed by atoms with E-state index in [0.717, 1.165) is 23.3 Å². The highest BCUT2D eigenvalue weighted by Crippen LogP contribution is 2.29. The molecular formula is C20H20Cl3N3O. The van der Waals surface area contributed by atoms with Crippen molar-refractivity contribution in [3.8, 4) is 0 Å². The Hall–Kier alpha value is -1.75. The van der Waals surface area contributed by atoms with Gasteiger partial charge in [0.05, 0.1) is 21.1 Å². The van der Waals surface area contributed by atoms with Crippen LogP contribution in [-0.2, 0) is 17.8 Å². The Morgan fingerprint density at radius 2 is 1.81 bits per heavy atom. The highest BCUT2D eigenvalue weighted by Gasteiger charge is 2.18. The molecule has 0 unspecified atom stereocenters. The highest BCUT2D eigenvalue weighted by atomic mass is 35.5. The minimum atomic E-state index is 0.0163. The van der Waals surface area contributed by atoms with E-state index in [4.69, 9.17) is 39.8 Å². The van der Waals surface area contributed by atoms with Gasteiger partial charge < -0.3 is 9.47 Å². The van der Waals surface area contributed by atoms with Gasteiger partial charge in [0.15, 0.2) is 0 Å². The van der Waals surface area contributed by atoms with E-state index in [1.54, 1.807) is 17.0 Å². The van der Waals surface area contributed by atoms with Gasteiger partial charge in [-0.2, -0.15) is 0 Å². The summed E-state index contributed by atoms with van der Waals surface area (Å²) in [6, 6.07) is 11.1. The number of amides is 1. The molecule has 27 heavy (non-hydrogen) atoms. The Kier molecular flexibility index (Phi) is 6.30. The molecule has 7 heteroatoms. The molecule has 0 saturated heterocycles. The molecule has 0 radical (unpaired) electrons. The minimum absolute atomic E-state index is 0.0163. The Morgan fingerprint density at radius 1 is 1.11 bits per heavy atom. The van der Waals surface area contributed by atoms with Crippen molar-refractivity contribution < 1.29 is 4.79 Å². The number of carbonyl (C=O) groups is 1. The quantitative estimate of drug-likeness (QED) is 0.527. The van der Waals surface area contributed by atoms with E-state index < -0.39 is 0 Å². The number of nitrogens with zero attached hydrogens (tertiary/aromatic N) is 3. The predicted molar refractivity (Wildman–Crippen MR) is 112 cm³/mol. The third-order valence-corrected chi connectivity index (χ3v) is 5.54. The first-order valence-corrected chi connectivity index (χ1v) is 9.85. The van der Waals surface area contributed by atoms with Gasteiger partial charge in [0.1, 0.15) is 12.4 Å². The Morgan fingerprint density at radius 3 is 2.52 bits per heavy atom. The summed E-state index contributed by atoms with van der Waals surface area (Å²) in [5.41, 5.74) is 2.43. The summed E-state index contributed by atoms with van der Waals surface area (Å²) in [4.78, 5) is 19.1. The molecule has 4 nitrogen and oxygen atoms in total. The first kappa shape index (κ1) is 20.0. The van der Waals surface area contributed by atoms with E-state index in [1.165, 1.54) is 0 Å². The zero-order chi connectivity index (χ0) is 19.6. The van der Waals surface area contributed by atoms with Crippen LogP contribution in [0.2, 0.25) is 15.1 Å². The van der Waals surface area contributed by atoms with E-state index in [0.29, 0.717) is 33.6 Å². The SMILES string of the molecule is CCCN(C)C(=O)Cn1c(Cc2ccccc2Cl)nc2cc(Cl)c(Cl)cc21. The molecule has 0 atom stereocenters. The lowest BCUT2D eigenvalue weighted by molar-refractivity contribution is -0.130. The van der Waals surface area contributed by atoms with Crippen LogP contribution in [0.5, 0.6) is 0 Å². The molecule has 0 bridgehead atoms. The summed E-state index contributed by atoms with van der Waals surface area (Å²) in [6.45, 7) is 2.93. The highest BCUT2D eigenvalue weighted by molar-refractivity contribution is 6.42. The van der Waals surface area contributed by atoms with E-state index in [-0.39, 0.29) is 12.5 Å². The van der Waals surface area contributed by atoms with Crippen molar-refractivity contribution in [3.63, 3.8) is 0 Å². The average molecular weight is 425 g/mol. The largest absolute Gasteiger partial charge is 0.344 e. The molecule has 2 aromatic carbocycles. The van der Waals surface area contributed by atoms with Crippen LogP contribution >= 0.6 is 34.8 Å². The molecule has 0 aliphatic rings. The van der Waals surface area contributed by atoms with Crippen LogP contribution in [0.4, 0.5) is 0 Å². The molecule has 0 saturated carbocycles. The first-order valence-electron chi connectivity index (χ1n) is 8.72. The van der Waals surface area contributed by atoms with Crippen LogP contribution in [0.25, 0.3) is 11.0 Å². The van der Waals surface area contributed by atoms with E-state index in [1.807, 2.05) is 42.8 Å². The first-order chi connectivity index (χ1) is 12.9. The summed E-state index contributed by atoms with van der Waals surface area (Å²) < 4.78 is 1.90. The van der Waals surface area contributed by atoms with Gasteiger partial charge in [-0.25, -0.2) is 4.98 Å². The second-order valence-corrected chi connectivity index (χ2v) is 7.67. The number of hydrogen-bond acceptors (Lipinski definition) is 2. The summed E-state index contributed by atoms with van der Waals surface area (Å²) in [5, 5.41) is 1.54. The zero-order valence-corrected chi connectivity index (χ0v) is 17.4. The summed E-state index contributed by atoms with van der Waals surface area (Å²) >= 11 is 18.7. The third kappa shape index (κ3) is 4.40. The Balaban J connectivity index is 2.06. The van der Waals surface area contributed by atoms with Gasteiger partial charge in [-0.15, -0.1) is 0 Å². The minimum Gasteiger partial charge on any atom is -0.344 e. The number of rotatable bonds is 6. The van der Waals surface area contributed by atoms with Crippen molar-refractivity contribution in [2.24, 2.45) is 0 Å². The number of carbonyl (C=O) groups excluding carboxylic acids is 1. The second-order valence-electron chi connectivity index (χ2n) is 6.45. The van der Waals surface area contributed by atoms with Crippen LogP contribution in [0, 0.1) is 0 Å². The molecule has 3 rings (SSSR count). The van der Waals surface area contributed by atoms with Crippen molar-refractivity contribution in [1.82, 2.24) is 14.5 Å². The smallest absolute Gasteiger partial charge is 0.242 e. The van der Waals surface area contributed by atoms with Crippen LogP contribution in [-0.4, -0.2) is 34.0 Å². The van der Waals surface area contributed by atoms with Crippen LogP contribution < -0.4 is 0 Å². The van der Waals surface area contributed by atoms with Crippen molar-refractivity contribution >= 4 is 51.7 Å². The van der Waals surface area contributed by atoms with Crippen LogP contribution in [0.3, 0.4) is 0 Å². The average Bonchev–Trinajstić information content (AvgIpc) is 2.94. The van der Waals surface area contributed by atoms with Gasteiger partial charge in [-0.05, 0) is 30.2 Å². The molecule has 3 aromatic rings. The molecule has 0 aliphatic carbocycles. The fraction of sp³-hybridized carbons (Fsp3) is 0.300. The summed E-state index contributed by atoms with van der Waals surface area (Å²) in [6.07, 6.45) is 1.41. The lowest BCUT2D eigenvalue weighted by Crippen LogP contribution is -2.31. The lowest BCUT2D eigenvalue weighted by atomic mass is 10.1. The number of halogens is 3. The van der Waals surface area contributed by atoms with Crippen molar-refractivity contribution in [2.75, 3.05) is 13.6 Å². The molecule has 1 heterocycles. The number of benzene rings is 2. The molecule has 0 N–H and O–H groups in total. The maximum absolute atomic E-state index is 12.7. The molecule has 0 fully saturated rings. The number of likely N-dealkylation sites (N-methyl/N-ethyl adjacent to an activating group) is 1.